The van der Waals surface area contributed by atoms with Crippen molar-refractivity contribution in [2.24, 2.45) is 0 Å². The molecule has 0 saturated heterocycles. The predicted molar refractivity (Wildman–Crippen MR) is 487 cm³/mol. The van der Waals surface area contributed by atoms with Crippen LogP contribution in [0.1, 0.15) is 40.4 Å². The maximum absolute atomic E-state index is 11.9. The third kappa shape index (κ3) is 9.63. The summed E-state index contributed by atoms with van der Waals surface area (Å²) in [7, 11) is 3.34. The average molecular weight is 1520 g/mol. The number of benzene rings is 17. The molecule has 23 rings (SSSR count). The summed E-state index contributed by atoms with van der Waals surface area (Å²) in [4.78, 5) is 0. The van der Waals surface area contributed by atoms with E-state index in [-0.39, 0.29) is 0 Å². The molecule has 0 aliphatic carbocycles. The molecule has 0 saturated carbocycles. The Labute approximate surface area is 680 Å². The van der Waals surface area contributed by atoms with Gasteiger partial charge in [0, 0.05) is 76.2 Å². The average Bonchev–Trinajstić information content (AvgIpc) is 1.56. The largest absolute Gasteiger partial charge is 0.497 e. The lowest BCUT2D eigenvalue weighted by atomic mass is 9.94. The number of aromatic nitrogens is 6. The van der Waals surface area contributed by atoms with Gasteiger partial charge in [0.25, 0.3) is 0 Å². The van der Waals surface area contributed by atoms with Crippen LogP contribution in [0.5, 0.6) is 11.5 Å². The summed E-state index contributed by atoms with van der Waals surface area (Å²) in [6.07, 6.45) is 6.17. The van der Waals surface area contributed by atoms with Crippen LogP contribution in [0.4, 0.5) is 0 Å². The minimum atomic E-state index is 0.392. The predicted octanol–water partition coefficient (Wildman–Crippen LogP) is 26.6. The van der Waals surface area contributed by atoms with Gasteiger partial charge in [0.05, 0.1) is 126 Å². The summed E-state index contributed by atoms with van der Waals surface area (Å²) in [6, 6.07) is 116. The summed E-state index contributed by atoms with van der Waals surface area (Å²) in [6.45, 7) is 6.56. The van der Waals surface area contributed by atoms with Crippen LogP contribution in [-0.4, -0.2) is 41.6 Å². The second kappa shape index (κ2) is 25.9. The summed E-state index contributed by atoms with van der Waals surface area (Å²) in [5.41, 5.74) is 19.9. The van der Waals surface area contributed by atoms with Crippen molar-refractivity contribution >= 4 is 175 Å². The van der Waals surface area contributed by atoms with Crippen LogP contribution < -0.4 is 9.47 Å². The molecule has 0 fully saturated rings. The van der Waals surface area contributed by atoms with Crippen molar-refractivity contribution in [1.82, 2.24) is 27.4 Å². The SMILES string of the molecule is C=Cc1c(/C=C\C)c2cc(-c3cccc4c3ccc3c4c4cc(OC)ccc4n3-c3cc(C#N)c(-n4c5ccc(OC)cc5c5c6ccccc6ccc54)cc3C#N)ccc2n1-c1ccc2c3c4ccccc4ccc3n(-c3cc(C#N)c(-n4c5cc(-n6c7ccccc7c7ccccc76)ccc5c5c6ccccc6ccc54)cc3C#N)c2c1. The number of nitriles is 4. The van der Waals surface area contributed by atoms with E-state index >= 15 is 0 Å². The van der Waals surface area contributed by atoms with E-state index < -0.39 is 0 Å². The van der Waals surface area contributed by atoms with Gasteiger partial charge >= 0.3 is 0 Å². The first kappa shape index (κ1) is 68.0. The molecule has 0 atom stereocenters. The molecule has 0 bridgehead atoms. The van der Waals surface area contributed by atoms with Crippen LogP contribution in [0, 0.1) is 45.3 Å². The lowest BCUT2D eigenvalue weighted by molar-refractivity contribution is 0.415. The Balaban J connectivity index is 0.688. The van der Waals surface area contributed by atoms with Gasteiger partial charge < -0.3 is 36.9 Å². The first-order chi connectivity index (χ1) is 58.7. The molecule has 0 N–H and O–H groups in total. The molecule has 0 radical (unpaired) electrons. The highest BCUT2D eigenvalue weighted by molar-refractivity contribution is 6.27. The fourth-order valence-electron chi connectivity index (χ4n) is 19.8. The normalized spacial score (nSPS) is 12.0. The number of hydrogen-bond donors (Lipinski definition) is 0. The second-order valence-corrected chi connectivity index (χ2v) is 30.6. The molecule has 0 spiro atoms. The van der Waals surface area contributed by atoms with Gasteiger partial charge in [0.1, 0.15) is 35.8 Å². The van der Waals surface area contributed by atoms with Crippen LogP contribution >= 0.6 is 0 Å². The van der Waals surface area contributed by atoms with Gasteiger partial charge in [-0.1, -0.05) is 189 Å². The maximum Gasteiger partial charge on any atom is 0.119 e. The Bertz CT molecular complexity index is 8700. The number of ether oxygens (including phenoxy) is 2. The molecule has 23 aromatic rings. The van der Waals surface area contributed by atoms with Crippen molar-refractivity contribution in [2.75, 3.05) is 14.2 Å². The molecule has 17 aromatic carbocycles. The van der Waals surface area contributed by atoms with Crippen LogP contribution in [0.15, 0.2) is 316 Å². The third-order valence-electron chi connectivity index (χ3n) is 24.8. The quantitative estimate of drug-likeness (QED) is 0.126. The summed E-state index contributed by atoms with van der Waals surface area (Å²) in [5.74, 6) is 1.39. The number of nitrogens with zero attached hydrogens (tertiary/aromatic N) is 10. The van der Waals surface area contributed by atoms with Crippen LogP contribution in [0.3, 0.4) is 0 Å². The molecule has 6 heterocycles. The number of hydrogen-bond acceptors (Lipinski definition) is 6. The second-order valence-electron chi connectivity index (χ2n) is 30.6. The summed E-state index contributed by atoms with van der Waals surface area (Å²) >= 11 is 0. The van der Waals surface area contributed by atoms with Crippen LogP contribution in [0.2, 0.25) is 0 Å². The Morgan fingerprint density at radius 2 is 0.655 bits per heavy atom. The minimum absolute atomic E-state index is 0.392. The van der Waals surface area contributed by atoms with E-state index in [1.54, 1.807) is 14.2 Å². The number of para-hydroxylation sites is 2. The third-order valence-corrected chi connectivity index (χ3v) is 24.8. The van der Waals surface area contributed by atoms with Gasteiger partial charge in [-0.25, -0.2) is 0 Å². The first-order valence-electron chi connectivity index (χ1n) is 39.6. The monoisotopic (exact) mass is 1520 g/mol. The smallest absolute Gasteiger partial charge is 0.119 e. The van der Waals surface area contributed by atoms with Crippen molar-refractivity contribution in [3.8, 4) is 81.0 Å². The zero-order valence-electron chi connectivity index (χ0n) is 64.6. The van der Waals surface area contributed by atoms with E-state index in [0.29, 0.717) is 56.5 Å². The van der Waals surface area contributed by atoms with Crippen molar-refractivity contribution in [3.63, 3.8) is 0 Å². The molecule has 0 amide bonds. The molecule has 12 nitrogen and oxygen atoms in total. The Hall–Kier alpha value is -16.6. The standard InChI is InChI=1S/C107H64N10O2/c1-5-18-79-85-49-65(74-27-17-28-82-78(74)41-48-97-107(82)87-57-73(119-4)38-47-93(87)115(97)99-51-66(58-108)98(50-67(99)59-109)114-92-46-37-72(118-3)56-86(92)106-77-24-12-9-21-64(77)33-45-96(106)114)34-42-91(85)112(88(79)6-2)70-35-39-83-102(54-70)116(94-43-31-62-19-7-10-22-75(62)104(83)94)100-52-69(61-111)101(53-68(100)60-110)117-95-44-32-63-20-8-11-23-76(63)105(95)84-40-36-71(55-103(84)117)113-89-29-15-13-25-80(89)81-26-14-16-30-90(81)113/h5-57H,2H2,1,3-4H3/b18-5-. The maximum atomic E-state index is 11.9. The molecule has 12 heteroatoms. The fourth-order valence-corrected chi connectivity index (χ4v) is 19.8. The van der Waals surface area contributed by atoms with Gasteiger partial charge in [0.15, 0.2) is 0 Å². The van der Waals surface area contributed by atoms with E-state index in [0.717, 1.165) is 197 Å². The molecule has 6 aromatic heterocycles. The lowest BCUT2D eigenvalue weighted by Gasteiger charge is -2.17. The van der Waals surface area contributed by atoms with Crippen LogP contribution in [-0.2, 0) is 0 Å². The fraction of sp³-hybridized carbons (Fsp3) is 0.0280. The number of rotatable bonds is 11. The van der Waals surface area contributed by atoms with Crippen molar-refractivity contribution in [2.45, 2.75) is 6.92 Å². The summed E-state index contributed by atoms with van der Waals surface area (Å²) < 4.78 is 25.0. The Morgan fingerprint density at radius 3 is 1.11 bits per heavy atom. The highest BCUT2D eigenvalue weighted by atomic mass is 16.5. The molecular weight excluding hydrogens is 1460 g/mol. The molecular formula is C107H64N10O2. The zero-order valence-corrected chi connectivity index (χ0v) is 64.6. The Kier molecular flexibility index (Phi) is 14.8. The molecule has 0 aliphatic rings. The molecule has 119 heavy (non-hydrogen) atoms. The van der Waals surface area contributed by atoms with Gasteiger partial charge in [-0.15, -0.1) is 0 Å². The molecule has 0 aliphatic heterocycles. The minimum Gasteiger partial charge on any atom is -0.497 e. The van der Waals surface area contributed by atoms with Crippen molar-refractivity contribution in [3.05, 3.63) is 349 Å². The number of methoxy groups -OCH3 is 2. The highest BCUT2D eigenvalue weighted by Gasteiger charge is 2.29. The van der Waals surface area contributed by atoms with Gasteiger partial charge in [-0.2, -0.15) is 21.0 Å². The van der Waals surface area contributed by atoms with Crippen molar-refractivity contribution in [1.29, 1.82) is 21.0 Å². The van der Waals surface area contributed by atoms with Crippen molar-refractivity contribution < 1.29 is 9.47 Å². The summed E-state index contributed by atoms with van der Waals surface area (Å²) in [5, 5.41) is 66.4. The molecule has 0 unspecified atom stereocenters. The number of fused-ring (bicyclic) bond motifs is 24. The molecule has 554 valence electrons. The van der Waals surface area contributed by atoms with Gasteiger partial charge in [-0.05, 0) is 201 Å². The topological polar surface area (TPSA) is 143 Å². The highest BCUT2D eigenvalue weighted by Crippen LogP contribution is 2.49. The van der Waals surface area contributed by atoms with E-state index in [1.807, 2.05) is 79.7 Å². The van der Waals surface area contributed by atoms with E-state index in [4.69, 9.17) is 9.47 Å². The zero-order chi connectivity index (χ0) is 79.7. The van der Waals surface area contributed by atoms with E-state index in [9.17, 15) is 21.0 Å². The number of allylic oxidation sites excluding steroid dienone is 1. The van der Waals surface area contributed by atoms with Gasteiger partial charge in [0.2, 0.25) is 0 Å². The van der Waals surface area contributed by atoms with E-state index in [2.05, 4.69) is 307 Å². The Morgan fingerprint density at radius 1 is 0.286 bits per heavy atom. The first-order valence-corrected chi connectivity index (χ1v) is 39.6. The van der Waals surface area contributed by atoms with E-state index in [1.165, 1.54) is 0 Å². The lowest BCUT2D eigenvalue weighted by Crippen LogP contribution is -2.05. The van der Waals surface area contributed by atoms with Crippen LogP contribution in [0.25, 0.3) is 220 Å². The van der Waals surface area contributed by atoms with Gasteiger partial charge in [-0.3, -0.25) is 0 Å².